The lowest BCUT2D eigenvalue weighted by Gasteiger charge is -2.03. The molecule has 0 saturated carbocycles. The lowest BCUT2D eigenvalue weighted by molar-refractivity contribution is 0.557. The van der Waals surface area contributed by atoms with Gasteiger partial charge in [0.15, 0.2) is 0 Å². The molecule has 0 aliphatic carbocycles. The highest BCUT2D eigenvalue weighted by molar-refractivity contribution is 5.10. The number of hydrogen-bond donors (Lipinski definition) is 1. The van der Waals surface area contributed by atoms with E-state index in [0.29, 0.717) is 0 Å². The van der Waals surface area contributed by atoms with Crippen molar-refractivity contribution in [2.75, 3.05) is 6.54 Å². The van der Waals surface area contributed by atoms with E-state index in [1.807, 2.05) is 0 Å². The lowest BCUT2D eigenvalue weighted by Crippen LogP contribution is -2.09. The van der Waals surface area contributed by atoms with Crippen molar-refractivity contribution in [1.82, 2.24) is 9.78 Å². The minimum atomic E-state index is 0.741. The molecule has 13 heavy (non-hydrogen) atoms. The molecule has 1 heterocycles. The van der Waals surface area contributed by atoms with Gasteiger partial charge in [-0.15, -0.1) is 0 Å². The maximum Gasteiger partial charge on any atom is 0.0624 e. The van der Waals surface area contributed by atoms with Crippen LogP contribution in [0.5, 0.6) is 0 Å². The Bertz CT molecular complexity index is 253. The summed E-state index contributed by atoms with van der Waals surface area (Å²) in [4.78, 5) is 0. The third-order valence-electron chi connectivity index (χ3n) is 2.21. The van der Waals surface area contributed by atoms with E-state index in [0.717, 1.165) is 32.4 Å². The Morgan fingerprint density at radius 3 is 2.69 bits per heavy atom. The Kier molecular flexibility index (Phi) is 3.96. The summed E-state index contributed by atoms with van der Waals surface area (Å²) < 4.78 is 2.09. The fourth-order valence-corrected chi connectivity index (χ4v) is 1.41. The molecule has 1 aromatic heterocycles. The minimum Gasteiger partial charge on any atom is -0.330 e. The topological polar surface area (TPSA) is 43.8 Å². The average Bonchev–Trinajstić information content (AvgIpc) is 2.57. The van der Waals surface area contributed by atoms with Gasteiger partial charge in [0.05, 0.1) is 5.69 Å². The molecule has 1 rings (SSSR count). The van der Waals surface area contributed by atoms with Crippen molar-refractivity contribution in [3.8, 4) is 0 Å². The van der Waals surface area contributed by atoms with Crippen molar-refractivity contribution >= 4 is 0 Å². The maximum atomic E-state index is 5.47. The number of nitrogens with zero attached hydrogens (tertiary/aromatic N) is 2. The van der Waals surface area contributed by atoms with Crippen LogP contribution in [-0.2, 0) is 19.4 Å². The molecule has 0 fully saturated rings. The molecular formula is C10H19N3. The van der Waals surface area contributed by atoms with Crippen LogP contribution < -0.4 is 5.73 Å². The average molecular weight is 181 g/mol. The van der Waals surface area contributed by atoms with E-state index in [9.17, 15) is 0 Å². The predicted octanol–water partition coefficient (Wildman–Crippen LogP) is 1.36. The molecule has 74 valence electrons. The van der Waals surface area contributed by atoms with E-state index in [-0.39, 0.29) is 0 Å². The van der Waals surface area contributed by atoms with Gasteiger partial charge in [-0.05, 0) is 31.9 Å². The first kappa shape index (κ1) is 10.3. The lowest BCUT2D eigenvalue weighted by atomic mass is 10.2. The van der Waals surface area contributed by atoms with Gasteiger partial charge in [-0.2, -0.15) is 5.10 Å². The van der Waals surface area contributed by atoms with Gasteiger partial charge in [0.1, 0.15) is 0 Å². The van der Waals surface area contributed by atoms with Crippen LogP contribution in [0.1, 0.15) is 31.7 Å². The Labute approximate surface area is 79.9 Å². The third kappa shape index (κ3) is 2.56. The summed E-state index contributed by atoms with van der Waals surface area (Å²) >= 11 is 0. The minimum absolute atomic E-state index is 0.741. The van der Waals surface area contributed by atoms with E-state index >= 15 is 0 Å². The van der Waals surface area contributed by atoms with Crippen molar-refractivity contribution in [3.63, 3.8) is 0 Å². The van der Waals surface area contributed by atoms with Crippen molar-refractivity contribution < 1.29 is 0 Å². The summed E-state index contributed by atoms with van der Waals surface area (Å²) in [5.41, 5.74) is 7.98. The smallest absolute Gasteiger partial charge is 0.0624 e. The first-order valence-corrected chi connectivity index (χ1v) is 5.07. The Hall–Kier alpha value is -0.830. The summed E-state index contributed by atoms with van der Waals surface area (Å²) in [6.07, 6.45) is 3.08. The van der Waals surface area contributed by atoms with Crippen LogP contribution in [0.3, 0.4) is 0 Å². The van der Waals surface area contributed by atoms with E-state index in [1.165, 1.54) is 11.4 Å². The van der Waals surface area contributed by atoms with Crippen LogP contribution in [-0.4, -0.2) is 16.3 Å². The number of hydrogen-bond acceptors (Lipinski definition) is 2. The van der Waals surface area contributed by atoms with E-state index < -0.39 is 0 Å². The summed E-state index contributed by atoms with van der Waals surface area (Å²) in [7, 11) is 0. The molecule has 0 radical (unpaired) electrons. The molecule has 0 aliphatic heterocycles. The highest BCUT2D eigenvalue weighted by Gasteiger charge is 2.03. The van der Waals surface area contributed by atoms with E-state index in [1.54, 1.807) is 0 Å². The van der Waals surface area contributed by atoms with Crippen molar-refractivity contribution in [3.05, 3.63) is 17.5 Å². The number of rotatable bonds is 5. The quantitative estimate of drug-likeness (QED) is 0.745. The summed E-state index contributed by atoms with van der Waals surface area (Å²) in [5, 5.41) is 4.50. The molecule has 0 spiro atoms. The van der Waals surface area contributed by atoms with E-state index in [4.69, 9.17) is 5.73 Å². The Balaban J connectivity index is 2.71. The van der Waals surface area contributed by atoms with Gasteiger partial charge in [-0.1, -0.05) is 13.8 Å². The fraction of sp³-hybridized carbons (Fsp3) is 0.700. The molecule has 3 heteroatoms. The number of nitrogens with two attached hydrogens (primary N) is 1. The van der Waals surface area contributed by atoms with Gasteiger partial charge >= 0.3 is 0 Å². The molecule has 1 aromatic rings. The second-order valence-electron chi connectivity index (χ2n) is 3.20. The zero-order valence-electron chi connectivity index (χ0n) is 8.58. The van der Waals surface area contributed by atoms with Crippen LogP contribution in [0, 0.1) is 0 Å². The first-order chi connectivity index (χ1) is 6.31. The zero-order chi connectivity index (χ0) is 9.68. The molecular weight excluding hydrogens is 162 g/mol. The Morgan fingerprint density at radius 1 is 1.38 bits per heavy atom. The molecule has 0 bridgehead atoms. The van der Waals surface area contributed by atoms with Crippen molar-refractivity contribution in [1.29, 1.82) is 0 Å². The van der Waals surface area contributed by atoms with Crippen LogP contribution in [0.2, 0.25) is 0 Å². The summed E-state index contributed by atoms with van der Waals surface area (Å²) in [6.45, 7) is 5.99. The van der Waals surface area contributed by atoms with E-state index in [2.05, 4.69) is 29.7 Å². The fourth-order valence-electron chi connectivity index (χ4n) is 1.41. The molecule has 3 nitrogen and oxygen atoms in total. The highest BCUT2D eigenvalue weighted by Crippen LogP contribution is 2.06. The number of aryl methyl sites for hydroxylation is 3. The SMILES string of the molecule is CCc1cc(CC)n(CCCN)n1. The van der Waals surface area contributed by atoms with Crippen molar-refractivity contribution in [2.24, 2.45) is 5.73 Å². The largest absolute Gasteiger partial charge is 0.330 e. The molecule has 2 N–H and O–H groups in total. The molecule has 0 saturated heterocycles. The summed E-state index contributed by atoms with van der Waals surface area (Å²) in [6, 6.07) is 2.19. The third-order valence-corrected chi connectivity index (χ3v) is 2.21. The van der Waals surface area contributed by atoms with Crippen molar-refractivity contribution in [2.45, 2.75) is 39.7 Å². The van der Waals surface area contributed by atoms with Gasteiger partial charge in [-0.3, -0.25) is 4.68 Å². The van der Waals surface area contributed by atoms with Gasteiger partial charge in [0.2, 0.25) is 0 Å². The zero-order valence-corrected chi connectivity index (χ0v) is 8.58. The molecule has 0 aliphatic rings. The molecule has 0 atom stereocenters. The second kappa shape index (κ2) is 5.02. The summed E-state index contributed by atoms with van der Waals surface area (Å²) in [5.74, 6) is 0. The predicted molar refractivity (Wildman–Crippen MR) is 54.7 cm³/mol. The first-order valence-electron chi connectivity index (χ1n) is 5.07. The van der Waals surface area contributed by atoms with Gasteiger partial charge < -0.3 is 5.73 Å². The van der Waals surface area contributed by atoms with Gasteiger partial charge in [0, 0.05) is 12.2 Å². The normalized spacial score (nSPS) is 10.7. The highest BCUT2D eigenvalue weighted by atomic mass is 15.3. The van der Waals surface area contributed by atoms with Crippen LogP contribution in [0.15, 0.2) is 6.07 Å². The van der Waals surface area contributed by atoms with Crippen LogP contribution in [0.25, 0.3) is 0 Å². The Morgan fingerprint density at radius 2 is 2.15 bits per heavy atom. The standard InChI is InChI=1S/C10H19N3/c1-3-9-8-10(4-2)13(12-9)7-5-6-11/h8H,3-7,11H2,1-2H3. The molecule has 0 aromatic carbocycles. The maximum absolute atomic E-state index is 5.47. The van der Waals surface area contributed by atoms with Crippen LogP contribution in [0.4, 0.5) is 0 Å². The molecule has 0 unspecified atom stereocenters. The monoisotopic (exact) mass is 181 g/mol. The number of aromatic nitrogens is 2. The molecule has 0 amide bonds. The second-order valence-corrected chi connectivity index (χ2v) is 3.20. The van der Waals surface area contributed by atoms with Crippen LogP contribution >= 0.6 is 0 Å². The van der Waals surface area contributed by atoms with Gasteiger partial charge in [0.25, 0.3) is 0 Å². The van der Waals surface area contributed by atoms with Gasteiger partial charge in [-0.25, -0.2) is 0 Å².